The van der Waals surface area contributed by atoms with Gasteiger partial charge in [0.1, 0.15) is 0 Å². The maximum absolute atomic E-state index is 11.3. The van der Waals surface area contributed by atoms with E-state index < -0.39 is 0 Å². The van der Waals surface area contributed by atoms with E-state index in [0.717, 1.165) is 0 Å². The van der Waals surface area contributed by atoms with Crippen LogP contribution in [0.15, 0.2) is 0 Å². The summed E-state index contributed by atoms with van der Waals surface area (Å²) < 4.78 is 4.69. The molecule has 0 saturated carbocycles. The zero-order chi connectivity index (χ0) is 11.9. The van der Waals surface area contributed by atoms with Crippen LogP contribution in [0, 0.1) is 0 Å². The van der Waals surface area contributed by atoms with Gasteiger partial charge in [0.05, 0.1) is 19.7 Å². The van der Waals surface area contributed by atoms with Crippen molar-refractivity contribution in [3.63, 3.8) is 0 Å². The molecule has 0 heterocycles. The molecule has 5 heteroatoms. The van der Waals surface area contributed by atoms with Gasteiger partial charge in [-0.1, -0.05) is 0 Å². The Morgan fingerprint density at radius 2 is 1.80 bits per heavy atom. The Bertz CT molecular complexity index is 221. The van der Waals surface area contributed by atoms with Gasteiger partial charge in [-0.15, -0.1) is 0 Å². The molecule has 0 atom stereocenters. The van der Waals surface area contributed by atoms with E-state index in [0.29, 0.717) is 6.61 Å². The quantitative estimate of drug-likeness (QED) is 0.637. The molecule has 0 aliphatic heterocycles. The van der Waals surface area contributed by atoms with Gasteiger partial charge in [-0.25, -0.2) is 0 Å². The van der Waals surface area contributed by atoms with Crippen molar-refractivity contribution in [1.29, 1.82) is 0 Å². The lowest BCUT2D eigenvalue weighted by atomic mass is 10.1. The number of carbonyl (C=O) groups is 2. The Hall–Kier alpha value is -1.10. The summed E-state index contributed by atoms with van der Waals surface area (Å²) in [5.74, 6) is -0.479. The van der Waals surface area contributed by atoms with E-state index in [4.69, 9.17) is 4.74 Å². The van der Waals surface area contributed by atoms with Crippen LogP contribution in [0.4, 0.5) is 0 Å². The predicted octanol–water partition coefficient (Wildman–Crippen LogP) is 0.0538. The third-order valence-corrected chi connectivity index (χ3v) is 1.37. The molecule has 0 saturated heterocycles. The fraction of sp³-hybridized carbons (Fsp3) is 0.800. The first kappa shape index (κ1) is 13.9. The SMILES string of the molecule is CCOC(=O)CNCC(=O)NC(C)(C)C. The van der Waals surface area contributed by atoms with Crippen molar-refractivity contribution in [1.82, 2.24) is 10.6 Å². The summed E-state index contributed by atoms with van der Waals surface area (Å²) >= 11 is 0. The molecule has 0 bridgehead atoms. The van der Waals surface area contributed by atoms with Crippen molar-refractivity contribution < 1.29 is 14.3 Å². The molecule has 0 aromatic rings. The minimum absolute atomic E-state index is 0.0609. The minimum Gasteiger partial charge on any atom is -0.465 e. The summed E-state index contributed by atoms with van der Waals surface area (Å²) in [6, 6.07) is 0. The van der Waals surface area contributed by atoms with Crippen molar-refractivity contribution in [3.05, 3.63) is 0 Å². The molecule has 0 rings (SSSR count). The number of nitrogens with one attached hydrogen (secondary N) is 2. The summed E-state index contributed by atoms with van der Waals surface area (Å²) in [6.45, 7) is 7.98. The largest absolute Gasteiger partial charge is 0.465 e. The van der Waals surface area contributed by atoms with E-state index in [9.17, 15) is 9.59 Å². The van der Waals surface area contributed by atoms with Gasteiger partial charge < -0.3 is 10.1 Å². The Morgan fingerprint density at radius 3 is 2.27 bits per heavy atom. The van der Waals surface area contributed by atoms with Crippen LogP contribution in [0.5, 0.6) is 0 Å². The Kier molecular flexibility index (Phi) is 5.93. The summed E-state index contributed by atoms with van der Waals surface area (Å²) in [5.41, 5.74) is -0.247. The van der Waals surface area contributed by atoms with Gasteiger partial charge in [0.15, 0.2) is 0 Å². The first-order chi connectivity index (χ1) is 6.85. The van der Waals surface area contributed by atoms with Crippen molar-refractivity contribution in [2.45, 2.75) is 33.2 Å². The topological polar surface area (TPSA) is 67.4 Å². The van der Waals surface area contributed by atoms with Gasteiger partial charge >= 0.3 is 5.97 Å². The Balaban J connectivity index is 3.60. The Labute approximate surface area is 90.6 Å². The van der Waals surface area contributed by atoms with Crippen molar-refractivity contribution in [2.24, 2.45) is 0 Å². The third kappa shape index (κ3) is 9.21. The van der Waals surface area contributed by atoms with E-state index in [1.54, 1.807) is 6.92 Å². The van der Waals surface area contributed by atoms with Crippen LogP contribution in [0.3, 0.4) is 0 Å². The first-order valence-electron chi connectivity index (χ1n) is 5.02. The standard InChI is InChI=1S/C10H20N2O3/c1-5-15-9(14)7-11-6-8(13)12-10(2,3)4/h11H,5-7H2,1-4H3,(H,12,13). The third-order valence-electron chi connectivity index (χ3n) is 1.37. The zero-order valence-electron chi connectivity index (χ0n) is 9.85. The second kappa shape index (κ2) is 6.40. The van der Waals surface area contributed by atoms with E-state index in [2.05, 4.69) is 10.6 Å². The van der Waals surface area contributed by atoms with E-state index in [1.165, 1.54) is 0 Å². The number of esters is 1. The summed E-state index contributed by atoms with van der Waals surface area (Å²) in [6.07, 6.45) is 0. The monoisotopic (exact) mass is 216 g/mol. The van der Waals surface area contributed by atoms with Crippen LogP contribution in [-0.2, 0) is 14.3 Å². The van der Waals surface area contributed by atoms with Crippen molar-refractivity contribution >= 4 is 11.9 Å². The van der Waals surface area contributed by atoms with Crippen molar-refractivity contribution in [2.75, 3.05) is 19.7 Å². The number of amides is 1. The number of hydrogen-bond donors (Lipinski definition) is 2. The van der Waals surface area contributed by atoms with Gasteiger partial charge in [0, 0.05) is 5.54 Å². The molecular weight excluding hydrogens is 196 g/mol. The summed E-state index contributed by atoms with van der Waals surface area (Å²) in [7, 11) is 0. The maximum atomic E-state index is 11.3. The average molecular weight is 216 g/mol. The van der Waals surface area contributed by atoms with Gasteiger partial charge in [-0.05, 0) is 27.7 Å². The molecule has 5 nitrogen and oxygen atoms in total. The second-order valence-corrected chi connectivity index (χ2v) is 4.21. The van der Waals surface area contributed by atoms with Crippen molar-refractivity contribution in [3.8, 4) is 0 Å². The molecule has 88 valence electrons. The molecule has 0 aromatic carbocycles. The lowest BCUT2D eigenvalue weighted by Gasteiger charge is -2.20. The maximum Gasteiger partial charge on any atom is 0.319 e. The highest BCUT2D eigenvalue weighted by Crippen LogP contribution is 1.96. The van der Waals surface area contributed by atoms with E-state index in [1.807, 2.05) is 20.8 Å². The lowest BCUT2D eigenvalue weighted by molar-refractivity contribution is -0.142. The minimum atomic E-state index is -0.346. The predicted molar refractivity (Wildman–Crippen MR) is 57.4 cm³/mol. The average Bonchev–Trinajstić information content (AvgIpc) is 2.00. The molecule has 1 amide bonds. The normalized spacial score (nSPS) is 10.9. The molecule has 0 radical (unpaired) electrons. The van der Waals surface area contributed by atoms with Crippen LogP contribution in [0.2, 0.25) is 0 Å². The highest BCUT2D eigenvalue weighted by Gasteiger charge is 2.13. The fourth-order valence-corrected chi connectivity index (χ4v) is 0.953. The first-order valence-corrected chi connectivity index (χ1v) is 5.02. The van der Waals surface area contributed by atoms with Crippen LogP contribution in [-0.4, -0.2) is 37.1 Å². The smallest absolute Gasteiger partial charge is 0.319 e. The van der Waals surface area contributed by atoms with E-state index >= 15 is 0 Å². The molecule has 0 aliphatic rings. The summed E-state index contributed by atoms with van der Waals surface area (Å²) in [5, 5.41) is 5.48. The lowest BCUT2D eigenvalue weighted by Crippen LogP contribution is -2.45. The molecule has 0 unspecified atom stereocenters. The molecule has 0 aromatic heterocycles. The van der Waals surface area contributed by atoms with Gasteiger partial charge in [-0.3, -0.25) is 14.9 Å². The zero-order valence-corrected chi connectivity index (χ0v) is 9.85. The highest BCUT2D eigenvalue weighted by atomic mass is 16.5. The highest BCUT2D eigenvalue weighted by molar-refractivity contribution is 5.79. The summed E-state index contributed by atoms with van der Waals surface area (Å²) in [4.78, 5) is 22.2. The van der Waals surface area contributed by atoms with Crippen LogP contribution in [0.25, 0.3) is 0 Å². The van der Waals surface area contributed by atoms with Crippen LogP contribution >= 0.6 is 0 Å². The number of ether oxygens (including phenoxy) is 1. The Morgan fingerprint density at radius 1 is 1.20 bits per heavy atom. The number of hydrogen-bond acceptors (Lipinski definition) is 4. The van der Waals surface area contributed by atoms with Gasteiger partial charge in [0.25, 0.3) is 0 Å². The van der Waals surface area contributed by atoms with Crippen LogP contribution < -0.4 is 10.6 Å². The molecule has 0 fully saturated rings. The number of carbonyl (C=O) groups excluding carboxylic acids is 2. The molecule has 0 aliphatic carbocycles. The molecule has 2 N–H and O–H groups in total. The fourth-order valence-electron chi connectivity index (χ4n) is 0.953. The van der Waals surface area contributed by atoms with Crippen LogP contribution in [0.1, 0.15) is 27.7 Å². The molecule has 0 spiro atoms. The molecular formula is C10H20N2O3. The van der Waals surface area contributed by atoms with E-state index in [-0.39, 0.29) is 30.5 Å². The van der Waals surface area contributed by atoms with Gasteiger partial charge in [0.2, 0.25) is 5.91 Å². The second-order valence-electron chi connectivity index (χ2n) is 4.21. The van der Waals surface area contributed by atoms with Gasteiger partial charge in [-0.2, -0.15) is 0 Å². The molecule has 15 heavy (non-hydrogen) atoms. The number of rotatable bonds is 5.